The lowest BCUT2D eigenvalue weighted by atomic mass is 10.2. The van der Waals surface area contributed by atoms with Crippen molar-refractivity contribution >= 4 is 40.8 Å². The summed E-state index contributed by atoms with van der Waals surface area (Å²) >= 11 is 11.9. The van der Waals surface area contributed by atoms with E-state index in [1.54, 1.807) is 18.2 Å². The highest BCUT2D eigenvalue weighted by atomic mass is 35.5. The Balaban J connectivity index is 2.14. The highest BCUT2D eigenvalue weighted by molar-refractivity contribution is 6.35. The predicted molar refractivity (Wildman–Crippen MR) is 93.7 cm³/mol. The monoisotopic (exact) mass is 320 g/mol. The Kier molecular flexibility index (Phi) is 5.66. The van der Waals surface area contributed by atoms with Crippen molar-refractivity contribution in [3.05, 3.63) is 58.1 Å². The average Bonchev–Trinajstić information content (AvgIpc) is 2.47. The van der Waals surface area contributed by atoms with Crippen LogP contribution >= 0.6 is 23.2 Å². The molecule has 0 aliphatic rings. The van der Waals surface area contributed by atoms with Crippen molar-refractivity contribution in [3.63, 3.8) is 0 Å². The fraction of sp³-hybridized carbons (Fsp3) is 0.235. The lowest BCUT2D eigenvalue weighted by molar-refractivity contribution is 0.866. The van der Waals surface area contributed by atoms with Crippen molar-refractivity contribution in [2.45, 2.75) is 13.8 Å². The van der Waals surface area contributed by atoms with Crippen LogP contribution in [-0.4, -0.2) is 19.3 Å². The Morgan fingerprint density at radius 3 is 2.05 bits per heavy atom. The van der Waals surface area contributed by atoms with Crippen LogP contribution in [-0.2, 0) is 0 Å². The van der Waals surface area contributed by atoms with Crippen LogP contribution < -0.4 is 4.90 Å². The van der Waals surface area contributed by atoms with Gasteiger partial charge in [0.1, 0.15) is 0 Å². The van der Waals surface area contributed by atoms with E-state index in [9.17, 15) is 0 Å². The molecule has 2 rings (SSSR count). The molecule has 110 valence electrons. The third-order valence-corrected chi connectivity index (χ3v) is 3.67. The Labute approximate surface area is 136 Å². The lowest BCUT2D eigenvalue weighted by Crippen LogP contribution is -2.21. The molecule has 0 radical (unpaired) electrons. The average molecular weight is 321 g/mol. The predicted octanol–water partition coefficient (Wildman–Crippen LogP) is 5.59. The van der Waals surface area contributed by atoms with E-state index in [2.05, 4.69) is 48.0 Å². The van der Waals surface area contributed by atoms with Gasteiger partial charge in [0.05, 0.1) is 5.69 Å². The van der Waals surface area contributed by atoms with Gasteiger partial charge in [-0.05, 0) is 49.7 Å². The molecule has 0 spiro atoms. The second kappa shape index (κ2) is 7.48. The maximum atomic E-state index is 5.96. The first-order valence-corrected chi connectivity index (χ1v) is 7.73. The van der Waals surface area contributed by atoms with Crippen molar-refractivity contribution < 1.29 is 0 Å². The molecule has 0 unspecified atom stereocenters. The van der Waals surface area contributed by atoms with Gasteiger partial charge in [0.15, 0.2) is 0 Å². The number of halogens is 2. The first-order chi connectivity index (χ1) is 10.1. The molecule has 0 aliphatic heterocycles. The molecule has 0 atom stereocenters. The number of benzene rings is 2. The maximum absolute atomic E-state index is 5.96. The van der Waals surface area contributed by atoms with E-state index in [4.69, 9.17) is 23.2 Å². The molecular formula is C17H18Cl2N2. The summed E-state index contributed by atoms with van der Waals surface area (Å²) in [5, 5.41) is 1.18. The highest BCUT2D eigenvalue weighted by Gasteiger charge is 2.00. The van der Waals surface area contributed by atoms with Gasteiger partial charge >= 0.3 is 0 Å². The van der Waals surface area contributed by atoms with Crippen LogP contribution in [0.3, 0.4) is 0 Å². The molecular weight excluding hydrogens is 303 g/mol. The molecule has 2 aromatic rings. The van der Waals surface area contributed by atoms with Crippen LogP contribution in [0, 0.1) is 0 Å². The Morgan fingerprint density at radius 2 is 1.52 bits per heavy atom. The van der Waals surface area contributed by atoms with Crippen molar-refractivity contribution in [2.24, 2.45) is 4.99 Å². The third kappa shape index (κ3) is 4.48. The van der Waals surface area contributed by atoms with Gasteiger partial charge in [-0.2, -0.15) is 0 Å². The van der Waals surface area contributed by atoms with E-state index in [1.807, 2.05) is 6.21 Å². The standard InChI is InChI=1S/C17H18Cl2N2/c1-3-21(4-2)17-7-5-13(6-8-17)12-20-16-10-14(18)9-15(19)11-16/h5-12H,3-4H2,1-2H3. The van der Waals surface area contributed by atoms with E-state index in [1.165, 1.54) is 5.69 Å². The van der Waals surface area contributed by atoms with Gasteiger partial charge < -0.3 is 4.90 Å². The fourth-order valence-electron chi connectivity index (χ4n) is 2.12. The maximum Gasteiger partial charge on any atom is 0.0659 e. The van der Waals surface area contributed by atoms with E-state index < -0.39 is 0 Å². The van der Waals surface area contributed by atoms with E-state index in [0.717, 1.165) is 24.3 Å². The molecule has 0 aromatic heterocycles. The molecule has 0 bridgehead atoms. The summed E-state index contributed by atoms with van der Waals surface area (Å²) in [4.78, 5) is 6.71. The topological polar surface area (TPSA) is 15.6 Å². The number of hydrogen-bond acceptors (Lipinski definition) is 2. The minimum Gasteiger partial charge on any atom is -0.372 e. The van der Waals surface area contributed by atoms with Crippen LogP contribution in [0.5, 0.6) is 0 Å². The zero-order chi connectivity index (χ0) is 15.2. The molecule has 0 heterocycles. The highest BCUT2D eigenvalue weighted by Crippen LogP contribution is 2.24. The summed E-state index contributed by atoms with van der Waals surface area (Å²) in [6.45, 7) is 6.32. The number of rotatable bonds is 5. The van der Waals surface area contributed by atoms with Crippen molar-refractivity contribution in [3.8, 4) is 0 Å². The number of anilines is 1. The van der Waals surface area contributed by atoms with Crippen molar-refractivity contribution in [2.75, 3.05) is 18.0 Å². The van der Waals surface area contributed by atoms with Crippen LogP contribution in [0.1, 0.15) is 19.4 Å². The third-order valence-electron chi connectivity index (χ3n) is 3.23. The molecule has 0 fully saturated rings. The van der Waals surface area contributed by atoms with Crippen LogP contribution in [0.2, 0.25) is 10.0 Å². The Morgan fingerprint density at radius 1 is 0.952 bits per heavy atom. The number of hydrogen-bond donors (Lipinski definition) is 0. The largest absolute Gasteiger partial charge is 0.372 e. The minimum atomic E-state index is 0.589. The Bertz CT molecular complexity index is 597. The lowest BCUT2D eigenvalue weighted by Gasteiger charge is -2.20. The molecule has 2 aromatic carbocycles. The number of nitrogens with zero attached hydrogens (tertiary/aromatic N) is 2. The molecule has 2 nitrogen and oxygen atoms in total. The number of aliphatic imine (C=N–C) groups is 1. The summed E-state index contributed by atoms with van der Waals surface area (Å²) in [5.74, 6) is 0. The summed E-state index contributed by atoms with van der Waals surface area (Å²) in [7, 11) is 0. The van der Waals surface area contributed by atoms with Gasteiger partial charge in [-0.25, -0.2) is 0 Å². The van der Waals surface area contributed by atoms with Gasteiger partial charge in [0.25, 0.3) is 0 Å². The zero-order valence-corrected chi connectivity index (χ0v) is 13.7. The SMILES string of the molecule is CCN(CC)c1ccc(C=Nc2cc(Cl)cc(Cl)c2)cc1. The van der Waals surface area contributed by atoms with E-state index in [-0.39, 0.29) is 0 Å². The molecule has 0 saturated heterocycles. The molecule has 21 heavy (non-hydrogen) atoms. The van der Waals surface area contributed by atoms with Gasteiger partial charge in [0.2, 0.25) is 0 Å². The molecule has 0 amide bonds. The van der Waals surface area contributed by atoms with E-state index >= 15 is 0 Å². The first kappa shape index (κ1) is 15.9. The smallest absolute Gasteiger partial charge is 0.0659 e. The second-order valence-electron chi connectivity index (χ2n) is 4.65. The summed E-state index contributed by atoms with van der Waals surface area (Å²) in [6.07, 6.45) is 1.81. The van der Waals surface area contributed by atoms with Crippen molar-refractivity contribution in [1.29, 1.82) is 0 Å². The second-order valence-corrected chi connectivity index (χ2v) is 5.52. The van der Waals surface area contributed by atoms with Crippen LogP contribution in [0.4, 0.5) is 11.4 Å². The first-order valence-electron chi connectivity index (χ1n) is 6.97. The molecule has 0 N–H and O–H groups in total. The summed E-state index contributed by atoms with van der Waals surface area (Å²) in [5.41, 5.74) is 3.02. The summed E-state index contributed by atoms with van der Waals surface area (Å²) in [6, 6.07) is 13.6. The van der Waals surface area contributed by atoms with Gasteiger partial charge in [-0.15, -0.1) is 0 Å². The Hall–Kier alpha value is -1.51. The van der Waals surface area contributed by atoms with Crippen molar-refractivity contribution in [1.82, 2.24) is 0 Å². The van der Waals surface area contributed by atoms with Gasteiger partial charge in [0, 0.05) is 35.0 Å². The van der Waals surface area contributed by atoms with Gasteiger partial charge in [-0.3, -0.25) is 4.99 Å². The normalized spacial score (nSPS) is 11.0. The molecule has 0 saturated carbocycles. The van der Waals surface area contributed by atoms with Gasteiger partial charge in [-0.1, -0.05) is 35.3 Å². The van der Waals surface area contributed by atoms with Crippen LogP contribution in [0.15, 0.2) is 47.5 Å². The molecule has 0 aliphatic carbocycles. The molecule has 4 heteroatoms. The van der Waals surface area contributed by atoms with Crippen LogP contribution in [0.25, 0.3) is 0 Å². The zero-order valence-electron chi connectivity index (χ0n) is 12.2. The minimum absolute atomic E-state index is 0.589. The van der Waals surface area contributed by atoms with E-state index in [0.29, 0.717) is 10.0 Å². The summed E-state index contributed by atoms with van der Waals surface area (Å²) < 4.78 is 0. The quantitative estimate of drug-likeness (QED) is 0.655. The fourth-order valence-corrected chi connectivity index (χ4v) is 2.64.